The summed E-state index contributed by atoms with van der Waals surface area (Å²) in [5.41, 5.74) is 2.19. The number of halogens is 1. The third kappa shape index (κ3) is 3.99. The highest BCUT2D eigenvalue weighted by molar-refractivity contribution is 7.10. The Morgan fingerprint density at radius 3 is 2.85 bits per heavy atom. The summed E-state index contributed by atoms with van der Waals surface area (Å²) >= 11 is 7.59. The summed E-state index contributed by atoms with van der Waals surface area (Å²) in [6, 6.07) is 9.29. The summed E-state index contributed by atoms with van der Waals surface area (Å²) in [5.74, 6) is 0. The van der Waals surface area contributed by atoms with Crippen molar-refractivity contribution < 1.29 is 4.79 Å². The number of amides is 2. The first-order valence-corrected chi connectivity index (χ1v) is 7.65. The van der Waals surface area contributed by atoms with Gasteiger partial charge < -0.3 is 10.6 Å². The standard InChI is InChI=1S/C15H17ClN2OS/c1-10-6-7-20-14(10)9-17-15(19)18-11(2)12-4-3-5-13(16)8-12/h3-8,11H,9H2,1-2H3,(H2,17,18,19). The van der Waals surface area contributed by atoms with Crippen LogP contribution in [0.2, 0.25) is 5.02 Å². The average molecular weight is 309 g/mol. The molecule has 0 bridgehead atoms. The zero-order valence-corrected chi connectivity index (χ0v) is 13.0. The average Bonchev–Trinajstić information content (AvgIpc) is 2.82. The quantitative estimate of drug-likeness (QED) is 0.870. The summed E-state index contributed by atoms with van der Waals surface area (Å²) in [5, 5.41) is 8.47. The minimum absolute atomic E-state index is 0.0851. The molecule has 2 N–H and O–H groups in total. The third-order valence-corrected chi connectivity index (χ3v) is 4.33. The highest BCUT2D eigenvalue weighted by Gasteiger charge is 2.10. The Labute approximate surface area is 128 Å². The first-order chi connectivity index (χ1) is 9.56. The summed E-state index contributed by atoms with van der Waals surface area (Å²) in [7, 11) is 0. The van der Waals surface area contributed by atoms with E-state index < -0.39 is 0 Å². The second kappa shape index (κ2) is 6.77. The molecule has 1 aromatic heterocycles. The first-order valence-electron chi connectivity index (χ1n) is 6.39. The maximum atomic E-state index is 11.9. The Hall–Kier alpha value is -1.52. The molecular formula is C15H17ClN2OS. The van der Waals surface area contributed by atoms with Crippen molar-refractivity contribution in [1.82, 2.24) is 10.6 Å². The molecule has 1 aromatic carbocycles. The molecule has 1 unspecified atom stereocenters. The van der Waals surface area contributed by atoms with Crippen molar-refractivity contribution in [1.29, 1.82) is 0 Å². The van der Waals surface area contributed by atoms with E-state index in [0.29, 0.717) is 11.6 Å². The Bertz CT molecular complexity index is 597. The molecule has 20 heavy (non-hydrogen) atoms. The molecule has 2 rings (SSSR count). The zero-order chi connectivity index (χ0) is 14.5. The highest BCUT2D eigenvalue weighted by Crippen LogP contribution is 2.17. The van der Waals surface area contributed by atoms with Crippen LogP contribution < -0.4 is 10.6 Å². The van der Waals surface area contributed by atoms with E-state index in [1.54, 1.807) is 11.3 Å². The zero-order valence-electron chi connectivity index (χ0n) is 11.4. The number of hydrogen-bond acceptors (Lipinski definition) is 2. The van der Waals surface area contributed by atoms with E-state index in [1.165, 1.54) is 10.4 Å². The molecule has 0 radical (unpaired) electrons. The second-order valence-electron chi connectivity index (χ2n) is 4.63. The number of rotatable bonds is 4. The van der Waals surface area contributed by atoms with Gasteiger partial charge in [0.2, 0.25) is 0 Å². The number of thiophene rings is 1. The predicted octanol–water partition coefficient (Wildman–Crippen LogP) is 4.27. The molecule has 0 saturated carbocycles. The van der Waals surface area contributed by atoms with E-state index in [0.717, 1.165) is 5.56 Å². The van der Waals surface area contributed by atoms with E-state index in [4.69, 9.17) is 11.6 Å². The number of hydrogen-bond donors (Lipinski definition) is 2. The molecule has 0 aliphatic rings. The van der Waals surface area contributed by atoms with Gasteiger partial charge in [-0.25, -0.2) is 4.79 Å². The molecule has 0 aliphatic heterocycles. The van der Waals surface area contributed by atoms with Crippen LogP contribution in [0.4, 0.5) is 4.79 Å². The fraction of sp³-hybridized carbons (Fsp3) is 0.267. The number of urea groups is 1. The highest BCUT2D eigenvalue weighted by atomic mass is 35.5. The van der Waals surface area contributed by atoms with Crippen LogP contribution in [0, 0.1) is 6.92 Å². The maximum absolute atomic E-state index is 11.9. The molecule has 0 fully saturated rings. The lowest BCUT2D eigenvalue weighted by molar-refractivity contribution is 0.237. The van der Waals surface area contributed by atoms with Crippen molar-refractivity contribution in [2.45, 2.75) is 26.4 Å². The van der Waals surface area contributed by atoms with Gasteiger partial charge in [0.25, 0.3) is 0 Å². The van der Waals surface area contributed by atoms with Crippen LogP contribution in [0.5, 0.6) is 0 Å². The molecule has 2 aromatic rings. The minimum Gasteiger partial charge on any atom is -0.333 e. The lowest BCUT2D eigenvalue weighted by Crippen LogP contribution is -2.36. The lowest BCUT2D eigenvalue weighted by atomic mass is 10.1. The van der Waals surface area contributed by atoms with E-state index in [-0.39, 0.29) is 12.1 Å². The van der Waals surface area contributed by atoms with Gasteiger partial charge in [-0.2, -0.15) is 0 Å². The fourth-order valence-corrected chi connectivity index (χ4v) is 2.90. The Balaban J connectivity index is 1.87. The summed E-state index contributed by atoms with van der Waals surface area (Å²) in [4.78, 5) is 13.0. The van der Waals surface area contributed by atoms with Gasteiger partial charge in [0.05, 0.1) is 12.6 Å². The SMILES string of the molecule is Cc1ccsc1CNC(=O)NC(C)c1cccc(Cl)c1. The minimum atomic E-state index is -0.176. The van der Waals surface area contributed by atoms with Crippen molar-refractivity contribution in [3.05, 3.63) is 56.7 Å². The third-order valence-electron chi connectivity index (χ3n) is 3.07. The van der Waals surface area contributed by atoms with Crippen LogP contribution in [0.3, 0.4) is 0 Å². The largest absolute Gasteiger partial charge is 0.333 e. The summed E-state index contributed by atoms with van der Waals surface area (Å²) in [6.07, 6.45) is 0. The smallest absolute Gasteiger partial charge is 0.315 e. The van der Waals surface area contributed by atoms with Crippen LogP contribution in [0.25, 0.3) is 0 Å². The Morgan fingerprint density at radius 2 is 2.20 bits per heavy atom. The van der Waals surface area contributed by atoms with Gasteiger partial charge in [-0.3, -0.25) is 0 Å². The van der Waals surface area contributed by atoms with Crippen molar-refractivity contribution >= 4 is 29.0 Å². The maximum Gasteiger partial charge on any atom is 0.315 e. The van der Waals surface area contributed by atoms with Gasteiger partial charge in [0.1, 0.15) is 0 Å². The van der Waals surface area contributed by atoms with Crippen LogP contribution in [0.1, 0.15) is 29.0 Å². The van der Waals surface area contributed by atoms with Gasteiger partial charge in [-0.05, 0) is 48.6 Å². The summed E-state index contributed by atoms with van der Waals surface area (Å²) < 4.78 is 0. The van der Waals surface area contributed by atoms with E-state index >= 15 is 0 Å². The van der Waals surface area contributed by atoms with Crippen molar-refractivity contribution in [3.8, 4) is 0 Å². The Kier molecular flexibility index (Phi) is 5.04. The van der Waals surface area contributed by atoms with Gasteiger partial charge in [0, 0.05) is 9.90 Å². The molecule has 0 aliphatic carbocycles. The molecule has 1 heterocycles. The molecule has 0 saturated heterocycles. The van der Waals surface area contributed by atoms with Crippen LogP contribution in [0.15, 0.2) is 35.7 Å². The van der Waals surface area contributed by atoms with E-state index in [1.807, 2.05) is 49.6 Å². The van der Waals surface area contributed by atoms with Crippen LogP contribution in [-0.4, -0.2) is 6.03 Å². The molecule has 5 heteroatoms. The Morgan fingerprint density at radius 1 is 1.40 bits per heavy atom. The summed E-state index contributed by atoms with van der Waals surface area (Å²) in [6.45, 7) is 4.53. The number of nitrogens with one attached hydrogen (secondary N) is 2. The molecule has 3 nitrogen and oxygen atoms in total. The topological polar surface area (TPSA) is 41.1 Å². The number of benzene rings is 1. The van der Waals surface area contributed by atoms with Crippen LogP contribution in [-0.2, 0) is 6.54 Å². The molecule has 2 amide bonds. The fourth-order valence-electron chi connectivity index (χ4n) is 1.85. The van der Waals surface area contributed by atoms with Crippen LogP contribution >= 0.6 is 22.9 Å². The van der Waals surface area contributed by atoms with Gasteiger partial charge in [-0.1, -0.05) is 23.7 Å². The van der Waals surface area contributed by atoms with E-state index in [9.17, 15) is 4.79 Å². The molecule has 0 spiro atoms. The predicted molar refractivity (Wildman–Crippen MR) is 84.3 cm³/mol. The van der Waals surface area contributed by atoms with Crippen molar-refractivity contribution in [2.75, 3.05) is 0 Å². The second-order valence-corrected chi connectivity index (χ2v) is 6.07. The lowest BCUT2D eigenvalue weighted by Gasteiger charge is -2.15. The number of carbonyl (C=O) groups excluding carboxylic acids is 1. The van der Waals surface area contributed by atoms with Gasteiger partial charge in [0.15, 0.2) is 0 Å². The van der Waals surface area contributed by atoms with E-state index in [2.05, 4.69) is 10.6 Å². The van der Waals surface area contributed by atoms with Crippen molar-refractivity contribution in [2.24, 2.45) is 0 Å². The van der Waals surface area contributed by atoms with Gasteiger partial charge >= 0.3 is 6.03 Å². The number of aryl methyl sites for hydroxylation is 1. The monoisotopic (exact) mass is 308 g/mol. The molecule has 106 valence electrons. The number of carbonyl (C=O) groups is 1. The normalized spacial score (nSPS) is 11.9. The van der Waals surface area contributed by atoms with Gasteiger partial charge in [-0.15, -0.1) is 11.3 Å². The molecular weight excluding hydrogens is 292 g/mol. The molecule has 1 atom stereocenters. The van der Waals surface area contributed by atoms with Crippen molar-refractivity contribution in [3.63, 3.8) is 0 Å². The first kappa shape index (κ1) is 14.9.